The van der Waals surface area contributed by atoms with Crippen molar-refractivity contribution in [3.63, 3.8) is 0 Å². The van der Waals surface area contributed by atoms with Gasteiger partial charge in [0.05, 0.1) is 5.69 Å². The van der Waals surface area contributed by atoms with Gasteiger partial charge in [0.2, 0.25) is 11.8 Å². The van der Waals surface area contributed by atoms with Crippen molar-refractivity contribution >= 4 is 24.0 Å². The molecule has 1 aromatic carbocycles. The molecule has 3 rings (SSSR count). The number of anilines is 1. The minimum atomic E-state index is 0. The molecule has 23 heavy (non-hydrogen) atoms. The molecule has 0 spiro atoms. The van der Waals surface area contributed by atoms with Crippen LogP contribution < -0.4 is 10.6 Å². The van der Waals surface area contributed by atoms with E-state index < -0.39 is 0 Å². The highest BCUT2D eigenvalue weighted by Crippen LogP contribution is 2.24. The van der Waals surface area contributed by atoms with Crippen molar-refractivity contribution in [2.24, 2.45) is 5.92 Å². The maximum absolute atomic E-state index is 12.3. The van der Waals surface area contributed by atoms with Gasteiger partial charge in [0.1, 0.15) is 5.76 Å². The molecule has 0 atom stereocenters. The Kier molecular flexibility index (Phi) is 5.80. The number of oxazole rings is 1. The minimum absolute atomic E-state index is 0. The summed E-state index contributed by atoms with van der Waals surface area (Å²) in [5, 5.41) is 6.28. The van der Waals surface area contributed by atoms with Gasteiger partial charge in [-0.3, -0.25) is 4.79 Å². The van der Waals surface area contributed by atoms with Crippen molar-refractivity contribution in [1.29, 1.82) is 0 Å². The van der Waals surface area contributed by atoms with E-state index in [1.807, 2.05) is 38.1 Å². The molecule has 6 heteroatoms. The third kappa shape index (κ3) is 4.12. The van der Waals surface area contributed by atoms with Crippen molar-refractivity contribution in [3.8, 4) is 11.5 Å². The third-order valence-corrected chi connectivity index (χ3v) is 4.12. The zero-order valence-electron chi connectivity index (χ0n) is 13.4. The minimum Gasteiger partial charge on any atom is -0.441 e. The summed E-state index contributed by atoms with van der Waals surface area (Å²) in [5.74, 6) is 1.60. The molecule has 124 valence electrons. The highest BCUT2D eigenvalue weighted by atomic mass is 35.5. The zero-order valence-corrected chi connectivity index (χ0v) is 14.2. The van der Waals surface area contributed by atoms with Gasteiger partial charge in [-0.2, -0.15) is 0 Å². The lowest BCUT2D eigenvalue weighted by Gasteiger charge is -2.21. The molecule has 2 aromatic rings. The molecule has 0 unspecified atom stereocenters. The van der Waals surface area contributed by atoms with Crippen LogP contribution in [0.2, 0.25) is 0 Å². The number of amides is 1. The summed E-state index contributed by atoms with van der Waals surface area (Å²) in [4.78, 5) is 16.7. The van der Waals surface area contributed by atoms with Crippen molar-refractivity contribution in [3.05, 3.63) is 35.7 Å². The van der Waals surface area contributed by atoms with Gasteiger partial charge in [0.25, 0.3) is 0 Å². The fourth-order valence-electron chi connectivity index (χ4n) is 2.65. The molecule has 1 aliphatic rings. The normalized spacial score (nSPS) is 15.0. The number of aromatic nitrogens is 1. The molecule has 5 nitrogen and oxygen atoms in total. The number of rotatable bonds is 3. The van der Waals surface area contributed by atoms with Crippen molar-refractivity contribution < 1.29 is 9.21 Å². The number of carbonyl (C=O) groups excluding carboxylic acids is 1. The number of benzene rings is 1. The number of aryl methyl sites for hydroxylation is 2. The molecule has 2 heterocycles. The number of halogens is 1. The molecule has 0 bridgehead atoms. The van der Waals surface area contributed by atoms with Gasteiger partial charge in [0, 0.05) is 17.2 Å². The Morgan fingerprint density at radius 3 is 2.70 bits per heavy atom. The second-order valence-corrected chi connectivity index (χ2v) is 5.75. The Labute approximate surface area is 142 Å². The number of nitrogens with zero attached hydrogens (tertiary/aromatic N) is 1. The molecule has 0 saturated carbocycles. The van der Waals surface area contributed by atoms with Gasteiger partial charge in [0.15, 0.2) is 0 Å². The lowest BCUT2D eigenvalue weighted by atomic mass is 9.97. The SMILES string of the molecule is Cc1nc(-c2cccc(NC(=O)C3CCNCC3)c2)oc1C.Cl. The number of carbonyl (C=O) groups is 1. The molecular weight excluding hydrogens is 314 g/mol. The molecule has 0 radical (unpaired) electrons. The average Bonchev–Trinajstić information content (AvgIpc) is 2.88. The molecule has 0 aliphatic carbocycles. The highest BCUT2D eigenvalue weighted by Gasteiger charge is 2.21. The van der Waals surface area contributed by atoms with Crippen LogP contribution in [0.15, 0.2) is 28.7 Å². The van der Waals surface area contributed by atoms with Crippen LogP contribution in [0.3, 0.4) is 0 Å². The fourth-order valence-corrected chi connectivity index (χ4v) is 2.65. The lowest BCUT2D eigenvalue weighted by molar-refractivity contribution is -0.120. The van der Waals surface area contributed by atoms with Gasteiger partial charge in [-0.05, 0) is 58.0 Å². The first-order valence-corrected chi connectivity index (χ1v) is 7.69. The van der Waals surface area contributed by atoms with Crippen LogP contribution in [-0.2, 0) is 4.79 Å². The van der Waals surface area contributed by atoms with Gasteiger partial charge >= 0.3 is 0 Å². The fraction of sp³-hybridized carbons (Fsp3) is 0.412. The van der Waals surface area contributed by atoms with Gasteiger partial charge < -0.3 is 15.1 Å². The first-order valence-electron chi connectivity index (χ1n) is 7.69. The van der Waals surface area contributed by atoms with E-state index in [2.05, 4.69) is 15.6 Å². The van der Waals surface area contributed by atoms with E-state index in [4.69, 9.17) is 4.42 Å². The van der Waals surface area contributed by atoms with E-state index in [-0.39, 0.29) is 24.2 Å². The van der Waals surface area contributed by atoms with Crippen LogP contribution in [0.1, 0.15) is 24.3 Å². The maximum atomic E-state index is 12.3. The van der Waals surface area contributed by atoms with E-state index in [0.717, 1.165) is 48.6 Å². The van der Waals surface area contributed by atoms with Crippen LogP contribution in [0.25, 0.3) is 11.5 Å². The van der Waals surface area contributed by atoms with Crippen LogP contribution in [0.4, 0.5) is 5.69 Å². The highest BCUT2D eigenvalue weighted by molar-refractivity contribution is 5.93. The summed E-state index contributed by atoms with van der Waals surface area (Å²) in [6, 6.07) is 7.64. The summed E-state index contributed by atoms with van der Waals surface area (Å²) >= 11 is 0. The molecule has 1 saturated heterocycles. The molecule has 1 aromatic heterocycles. The Morgan fingerprint density at radius 2 is 2.04 bits per heavy atom. The summed E-state index contributed by atoms with van der Waals surface area (Å²) < 4.78 is 5.64. The maximum Gasteiger partial charge on any atom is 0.227 e. The molecular formula is C17H22ClN3O2. The van der Waals surface area contributed by atoms with Crippen LogP contribution in [0.5, 0.6) is 0 Å². The second kappa shape index (κ2) is 7.62. The lowest BCUT2D eigenvalue weighted by Crippen LogP contribution is -2.34. The van der Waals surface area contributed by atoms with Crippen LogP contribution in [-0.4, -0.2) is 24.0 Å². The quantitative estimate of drug-likeness (QED) is 0.903. The Morgan fingerprint density at radius 1 is 1.30 bits per heavy atom. The van der Waals surface area contributed by atoms with Crippen molar-refractivity contribution in [2.45, 2.75) is 26.7 Å². The summed E-state index contributed by atoms with van der Waals surface area (Å²) in [5.41, 5.74) is 2.55. The summed E-state index contributed by atoms with van der Waals surface area (Å²) in [6.07, 6.45) is 1.79. The third-order valence-electron chi connectivity index (χ3n) is 4.12. The topological polar surface area (TPSA) is 67.2 Å². The molecule has 1 aliphatic heterocycles. The predicted molar refractivity (Wildman–Crippen MR) is 92.9 cm³/mol. The first kappa shape index (κ1) is 17.5. The van der Waals surface area contributed by atoms with Crippen LogP contribution >= 0.6 is 12.4 Å². The number of hydrogen-bond donors (Lipinski definition) is 2. The summed E-state index contributed by atoms with van der Waals surface area (Å²) in [6.45, 7) is 5.64. The Balaban J connectivity index is 0.00000192. The van der Waals surface area contributed by atoms with Gasteiger partial charge in [-0.1, -0.05) is 6.07 Å². The van der Waals surface area contributed by atoms with Crippen molar-refractivity contribution in [2.75, 3.05) is 18.4 Å². The largest absolute Gasteiger partial charge is 0.441 e. The zero-order chi connectivity index (χ0) is 15.5. The molecule has 1 fully saturated rings. The smallest absolute Gasteiger partial charge is 0.227 e. The molecule has 1 amide bonds. The van der Waals surface area contributed by atoms with E-state index in [0.29, 0.717) is 5.89 Å². The summed E-state index contributed by atoms with van der Waals surface area (Å²) in [7, 11) is 0. The Hall–Kier alpha value is -1.85. The van der Waals surface area contributed by atoms with E-state index in [9.17, 15) is 4.79 Å². The van der Waals surface area contributed by atoms with Crippen LogP contribution in [0, 0.1) is 19.8 Å². The van der Waals surface area contributed by atoms with Gasteiger partial charge in [-0.15, -0.1) is 12.4 Å². The monoisotopic (exact) mass is 335 g/mol. The second-order valence-electron chi connectivity index (χ2n) is 5.75. The standard InChI is InChI=1S/C17H21N3O2.ClH/c1-11-12(2)22-17(19-11)14-4-3-5-15(10-14)20-16(21)13-6-8-18-9-7-13;/h3-5,10,13,18H,6-9H2,1-2H3,(H,20,21);1H. The van der Waals surface area contributed by atoms with Crippen molar-refractivity contribution in [1.82, 2.24) is 10.3 Å². The first-order chi connectivity index (χ1) is 10.6. The number of nitrogens with one attached hydrogen (secondary N) is 2. The van der Waals surface area contributed by atoms with E-state index in [1.54, 1.807) is 0 Å². The number of hydrogen-bond acceptors (Lipinski definition) is 4. The van der Waals surface area contributed by atoms with E-state index >= 15 is 0 Å². The molecule has 2 N–H and O–H groups in total. The number of piperidine rings is 1. The predicted octanol–water partition coefficient (Wildman–Crippen LogP) is 3.32. The Bertz CT molecular complexity index is 659. The van der Waals surface area contributed by atoms with Gasteiger partial charge in [-0.25, -0.2) is 4.98 Å². The van der Waals surface area contributed by atoms with E-state index in [1.165, 1.54) is 0 Å². The average molecular weight is 336 g/mol.